The van der Waals surface area contributed by atoms with Crippen LogP contribution in [0.2, 0.25) is 0 Å². The van der Waals surface area contributed by atoms with Crippen molar-refractivity contribution in [2.45, 2.75) is 20.3 Å². The van der Waals surface area contributed by atoms with Gasteiger partial charge in [0.1, 0.15) is 11.5 Å². The first kappa shape index (κ1) is 16.4. The third-order valence-corrected chi connectivity index (χ3v) is 2.93. The van der Waals surface area contributed by atoms with Crippen molar-refractivity contribution in [3.63, 3.8) is 0 Å². The fraction of sp³-hybridized carbons (Fsp3) is 0.643. The van der Waals surface area contributed by atoms with Crippen LogP contribution in [0.1, 0.15) is 30.8 Å². The zero-order valence-electron chi connectivity index (χ0n) is 12.9. The molecule has 20 heavy (non-hydrogen) atoms. The molecule has 0 aliphatic heterocycles. The topological polar surface area (TPSA) is 61.4 Å². The first-order chi connectivity index (χ1) is 9.58. The Hall–Kier alpha value is -1.69. The molecule has 1 aromatic rings. The fourth-order valence-corrected chi connectivity index (χ4v) is 1.85. The highest BCUT2D eigenvalue weighted by atomic mass is 16.2. The van der Waals surface area contributed by atoms with Gasteiger partial charge in [-0.3, -0.25) is 4.79 Å². The highest BCUT2D eigenvalue weighted by Gasteiger charge is 2.15. The van der Waals surface area contributed by atoms with Gasteiger partial charge in [-0.1, -0.05) is 0 Å². The second-order valence-corrected chi connectivity index (χ2v) is 4.86. The molecule has 0 fully saturated rings. The van der Waals surface area contributed by atoms with Gasteiger partial charge in [0.15, 0.2) is 0 Å². The molecule has 0 aliphatic rings. The molecule has 0 saturated heterocycles. The highest BCUT2D eigenvalue weighted by molar-refractivity contribution is 5.92. The Bertz CT molecular complexity index is 405. The van der Waals surface area contributed by atoms with E-state index in [1.807, 2.05) is 27.9 Å². The molecule has 1 N–H and O–H groups in total. The average molecular weight is 279 g/mol. The Morgan fingerprint density at radius 2 is 1.95 bits per heavy atom. The van der Waals surface area contributed by atoms with Gasteiger partial charge in [0.2, 0.25) is 0 Å². The van der Waals surface area contributed by atoms with E-state index in [-0.39, 0.29) is 5.91 Å². The van der Waals surface area contributed by atoms with E-state index in [2.05, 4.69) is 20.2 Å². The lowest BCUT2D eigenvalue weighted by atomic mass is 10.3. The Kier molecular flexibility index (Phi) is 6.93. The van der Waals surface area contributed by atoms with Gasteiger partial charge in [-0.25, -0.2) is 9.97 Å². The number of rotatable bonds is 8. The van der Waals surface area contributed by atoms with E-state index in [1.54, 1.807) is 11.1 Å². The summed E-state index contributed by atoms with van der Waals surface area (Å²) in [5, 5.41) is 3.06. The summed E-state index contributed by atoms with van der Waals surface area (Å²) in [7, 11) is 4.06. The van der Waals surface area contributed by atoms with Crippen molar-refractivity contribution in [3.05, 3.63) is 18.1 Å². The molecule has 0 radical (unpaired) electrons. The van der Waals surface area contributed by atoms with Gasteiger partial charge < -0.3 is 15.1 Å². The van der Waals surface area contributed by atoms with Gasteiger partial charge in [0.05, 0.1) is 12.4 Å². The minimum Gasteiger partial charge on any atom is -0.369 e. The maximum absolute atomic E-state index is 12.3. The monoisotopic (exact) mass is 279 g/mol. The molecule has 112 valence electrons. The van der Waals surface area contributed by atoms with Crippen LogP contribution in [0.5, 0.6) is 0 Å². The normalized spacial score (nSPS) is 10.7. The average Bonchev–Trinajstić information content (AvgIpc) is 2.44. The van der Waals surface area contributed by atoms with Crippen LogP contribution in [0.4, 0.5) is 5.82 Å². The minimum absolute atomic E-state index is 0.0539. The van der Waals surface area contributed by atoms with Crippen LogP contribution in [0.15, 0.2) is 12.4 Å². The summed E-state index contributed by atoms with van der Waals surface area (Å²) in [5.41, 5.74) is 0.401. The summed E-state index contributed by atoms with van der Waals surface area (Å²) < 4.78 is 0. The fourth-order valence-electron chi connectivity index (χ4n) is 1.85. The number of aromatic nitrogens is 2. The van der Waals surface area contributed by atoms with Gasteiger partial charge in [-0.05, 0) is 40.9 Å². The predicted octanol–water partition coefficient (Wildman–Crippen LogP) is 1.32. The molecule has 6 heteroatoms. The van der Waals surface area contributed by atoms with Crippen LogP contribution in [0.3, 0.4) is 0 Å². The quantitative estimate of drug-likeness (QED) is 0.777. The number of carbonyl (C=O) groups is 1. The lowest BCUT2D eigenvalue weighted by Gasteiger charge is -2.21. The molecule has 1 amide bonds. The minimum atomic E-state index is -0.0539. The molecular formula is C14H25N5O. The largest absolute Gasteiger partial charge is 0.369 e. The molecule has 0 aliphatic carbocycles. The number of hydrogen-bond donors (Lipinski definition) is 1. The van der Waals surface area contributed by atoms with Crippen molar-refractivity contribution in [3.8, 4) is 0 Å². The lowest BCUT2D eigenvalue weighted by molar-refractivity contribution is 0.0753. The number of hydrogen-bond acceptors (Lipinski definition) is 5. The van der Waals surface area contributed by atoms with E-state index in [1.165, 1.54) is 6.20 Å². The number of anilines is 1. The number of amides is 1. The van der Waals surface area contributed by atoms with Gasteiger partial charge in [0.25, 0.3) is 5.91 Å². The van der Waals surface area contributed by atoms with Crippen LogP contribution < -0.4 is 5.32 Å². The van der Waals surface area contributed by atoms with Gasteiger partial charge >= 0.3 is 0 Å². The van der Waals surface area contributed by atoms with Crippen LogP contribution in [-0.4, -0.2) is 65.9 Å². The maximum atomic E-state index is 12.3. The van der Waals surface area contributed by atoms with Crippen molar-refractivity contribution in [1.82, 2.24) is 19.8 Å². The third-order valence-electron chi connectivity index (χ3n) is 2.93. The van der Waals surface area contributed by atoms with Crippen LogP contribution in [0.25, 0.3) is 0 Å². The molecule has 1 aromatic heterocycles. The second kappa shape index (κ2) is 8.47. The molecule has 0 bridgehead atoms. The predicted molar refractivity (Wildman–Crippen MR) is 80.9 cm³/mol. The molecule has 1 rings (SSSR count). The summed E-state index contributed by atoms with van der Waals surface area (Å²) >= 11 is 0. The van der Waals surface area contributed by atoms with E-state index in [9.17, 15) is 4.79 Å². The smallest absolute Gasteiger partial charge is 0.274 e. The molecule has 0 unspecified atom stereocenters. The number of carbonyl (C=O) groups excluding carboxylic acids is 1. The zero-order valence-corrected chi connectivity index (χ0v) is 12.9. The first-order valence-corrected chi connectivity index (χ1v) is 7.08. The van der Waals surface area contributed by atoms with Gasteiger partial charge in [-0.2, -0.15) is 0 Å². The van der Waals surface area contributed by atoms with E-state index in [0.717, 1.165) is 26.1 Å². The molecule has 0 atom stereocenters. The summed E-state index contributed by atoms with van der Waals surface area (Å²) in [6.07, 6.45) is 4.09. The van der Waals surface area contributed by atoms with E-state index < -0.39 is 0 Å². The zero-order chi connectivity index (χ0) is 15.0. The van der Waals surface area contributed by atoms with Crippen molar-refractivity contribution in [1.29, 1.82) is 0 Å². The summed E-state index contributed by atoms with van der Waals surface area (Å²) in [5.74, 6) is 0.640. The van der Waals surface area contributed by atoms with E-state index in [4.69, 9.17) is 0 Å². The van der Waals surface area contributed by atoms with Crippen LogP contribution in [0, 0.1) is 0 Å². The lowest BCUT2D eigenvalue weighted by Crippen LogP contribution is -2.33. The van der Waals surface area contributed by atoms with E-state index >= 15 is 0 Å². The Morgan fingerprint density at radius 3 is 2.45 bits per heavy atom. The molecular weight excluding hydrogens is 254 g/mol. The maximum Gasteiger partial charge on any atom is 0.274 e. The molecule has 1 heterocycles. The molecule has 0 saturated carbocycles. The van der Waals surface area contributed by atoms with E-state index in [0.29, 0.717) is 18.1 Å². The summed E-state index contributed by atoms with van der Waals surface area (Å²) in [4.78, 5) is 24.6. The van der Waals surface area contributed by atoms with Gasteiger partial charge in [0, 0.05) is 19.6 Å². The Labute approximate surface area is 121 Å². The number of nitrogens with one attached hydrogen (secondary N) is 1. The van der Waals surface area contributed by atoms with Crippen molar-refractivity contribution >= 4 is 11.7 Å². The van der Waals surface area contributed by atoms with Crippen LogP contribution in [-0.2, 0) is 0 Å². The van der Waals surface area contributed by atoms with Crippen molar-refractivity contribution < 1.29 is 4.79 Å². The second-order valence-electron chi connectivity index (χ2n) is 4.86. The molecule has 6 nitrogen and oxygen atoms in total. The SMILES string of the molecule is CCNc1cnc(C(=O)N(CC)CCCN(C)C)cn1. The van der Waals surface area contributed by atoms with Gasteiger partial charge in [-0.15, -0.1) is 0 Å². The van der Waals surface area contributed by atoms with Crippen molar-refractivity contribution in [2.24, 2.45) is 0 Å². The number of nitrogens with zero attached hydrogens (tertiary/aromatic N) is 4. The molecule has 0 spiro atoms. The third kappa shape index (κ3) is 5.13. The molecule has 0 aromatic carbocycles. The summed E-state index contributed by atoms with van der Waals surface area (Å²) in [6, 6.07) is 0. The van der Waals surface area contributed by atoms with Crippen molar-refractivity contribution in [2.75, 3.05) is 45.6 Å². The Balaban J connectivity index is 2.60. The first-order valence-electron chi connectivity index (χ1n) is 7.08. The van der Waals surface area contributed by atoms with Crippen LogP contribution >= 0.6 is 0 Å². The standard InChI is InChI=1S/C14H25N5O/c1-5-15-13-11-16-12(10-17-13)14(20)19(6-2)9-7-8-18(3)4/h10-11H,5-9H2,1-4H3,(H,15,17). The summed E-state index contributed by atoms with van der Waals surface area (Å²) in [6.45, 7) is 7.15. The Morgan fingerprint density at radius 1 is 1.20 bits per heavy atom. The highest BCUT2D eigenvalue weighted by Crippen LogP contribution is 2.05.